The van der Waals surface area contributed by atoms with Gasteiger partial charge in [-0.05, 0) is 72.6 Å². The number of carbonyl (C=O) groups is 2. The summed E-state index contributed by atoms with van der Waals surface area (Å²) in [7, 11) is 0. The molecule has 0 saturated heterocycles. The fourth-order valence-corrected chi connectivity index (χ4v) is 4.49. The number of fused-ring (bicyclic) bond motifs is 1. The van der Waals surface area contributed by atoms with Gasteiger partial charge in [0.05, 0.1) is 6.04 Å². The lowest BCUT2D eigenvalue weighted by molar-refractivity contribution is -0.141. The maximum absolute atomic E-state index is 13.7. The predicted molar refractivity (Wildman–Crippen MR) is 130 cm³/mol. The van der Waals surface area contributed by atoms with E-state index in [1.807, 2.05) is 50.8 Å². The SMILES string of the molecule is CC[C@H](Oc1ccc2c(c1)[C@H](c1ccc(F)cc1)N(C(=O)C(C)(C)C)CC2)C(=O)NCC1CC1. The number of hydrogen-bond donors (Lipinski definition) is 1. The van der Waals surface area contributed by atoms with Gasteiger partial charge in [0.2, 0.25) is 5.91 Å². The molecule has 1 saturated carbocycles. The van der Waals surface area contributed by atoms with Crippen molar-refractivity contribution in [1.29, 1.82) is 0 Å². The molecule has 34 heavy (non-hydrogen) atoms. The number of nitrogens with one attached hydrogen (secondary N) is 1. The molecule has 1 aliphatic heterocycles. The van der Waals surface area contributed by atoms with Crippen LogP contribution in [0.15, 0.2) is 42.5 Å². The number of rotatable bonds is 7. The first-order valence-corrected chi connectivity index (χ1v) is 12.3. The van der Waals surface area contributed by atoms with E-state index in [1.54, 1.807) is 12.1 Å². The Hall–Kier alpha value is -2.89. The lowest BCUT2D eigenvalue weighted by atomic mass is 9.85. The molecule has 2 aromatic carbocycles. The number of ether oxygens (including phenoxy) is 1. The van der Waals surface area contributed by atoms with Crippen LogP contribution < -0.4 is 10.1 Å². The second kappa shape index (κ2) is 9.77. The number of carbonyl (C=O) groups excluding carboxylic acids is 2. The quantitative estimate of drug-likeness (QED) is 0.623. The van der Waals surface area contributed by atoms with Gasteiger partial charge in [0.25, 0.3) is 5.91 Å². The number of halogens is 1. The van der Waals surface area contributed by atoms with Crippen LogP contribution in [-0.2, 0) is 16.0 Å². The molecule has 1 fully saturated rings. The van der Waals surface area contributed by atoms with Crippen LogP contribution in [0.5, 0.6) is 5.75 Å². The third-order valence-corrected chi connectivity index (χ3v) is 6.64. The lowest BCUT2D eigenvalue weighted by Gasteiger charge is -2.41. The molecule has 0 unspecified atom stereocenters. The molecule has 2 aromatic rings. The maximum atomic E-state index is 13.7. The average molecular weight is 467 g/mol. The largest absolute Gasteiger partial charge is 0.481 e. The van der Waals surface area contributed by atoms with E-state index in [-0.39, 0.29) is 23.7 Å². The van der Waals surface area contributed by atoms with E-state index in [2.05, 4.69) is 5.32 Å². The number of hydrogen-bond acceptors (Lipinski definition) is 3. The van der Waals surface area contributed by atoms with Crippen molar-refractivity contribution in [2.24, 2.45) is 11.3 Å². The number of nitrogens with zero attached hydrogens (tertiary/aromatic N) is 1. The Labute approximate surface area is 201 Å². The fraction of sp³-hybridized carbons (Fsp3) is 0.500. The summed E-state index contributed by atoms with van der Waals surface area (Å²) in [6, 6.07) is 11.9. The zero-order valence-electron chi connectivity index (χ0n) is 20.6. The van der Waals surface area contributed by atoms with Crippen molar-refractivity contribution in [3.8, 4) is 5.75 Å². The third kappa shape index (κ3) is 5.43. The van der Waals surface area contributed by atoms with E-state index in [0.29, 0.717) is 31.2 Å². The van der Waals surface area contributed by atoms with E-state index >= 15 is 0 Å². The van der Waals surface area contributed by atoms with Gasteiger partial charge in [-0.2, -0.15) is 0 Å². The second-order valence-electron chi connectivity index (χ2n) is 10.5. The Kier molecular flexibility index (Phi) is 6.96. The minimum atomic E-state index is -0.572. The van der Waals surface area contributed by atoms with Gasteiger partial charge in [0, 0.05) is 18.5 Å². The maximum Gasteiger partial charge on any atom is 0.261 e. The van der Waals surface area contributed by atoms with Crippen LogP contribution in [0.2, 0.25) is 0 Å². The number of amides is 2. The lowest BCUT2D eigenvalue weighted by Crippen LogP contribution is -2.45. The first-order chi connectivity index (χ1) is 16.2. The van der Waals surface area contributed by atoms with Gasteiger partial charge in [-0.25, -0.2) is 4.39 Å². The van der Waals surface area contributed by atoms with E-state index in [9.17, 15) is 14.0 Å². The van der Waals surface area contributed by atoms with Gasteiger partial charge in [-0.1, -0.05) is 45.9 Å². The monoisotopic (exact) mass is 466 g/mol. The first kappa shape index (κ1) is 24.2. The fourth-order valence-electron chi connectivity index (χ4n) is 4.49. The highest BCUT2D eigenvalue weighted by atomic mass is 19.1. The Morgan fingerprint density at radius 3 is 2.47 bits per heavy atom. The van der Waals surface area contributed by atoms with Gasteiger partial charge >= 0.3 is 0 Å². The molecule has 1 aliphatic carbocycles. The van der Waals surface area contributed by atoms with E-state index in [0.717, 1.165) is 23.1 Å². The molecule has 0 radical (unpaired) electrons. The zero-order chi connectivity index (χ0) is 24.5. The highest BCUT2D eigenvalue weighted by Gasteiger charge is 2.37. The molecule has 5 nitrogen and oxygen atoms in total. The summed E-state index contributed by atoms with van der Waals surface area (Å²) in [6.07, 6.45) is 3.07. The normalized spacial score (nSPS) is 18.7. The molecule has 182 valence electrons. The smallest absolute Gasteiger partial charge is 0.261 e. The summed E-state index contributed by atoms with van der Waals surface area (Å²) < 4.78 is 19.8. The summed E-state index contributed by atoms with van der Waals surface area (Å²) >= 11 is 0. The van der Waals surface area contributed by atoms with Crippen molar-refractivity contribution in [3.05, 3.63) is 65.0 Å². The molecule has 0 bridgehead atoms. The van der Waals surface area contributed by atoms with Gasteiger partial charge in [0.15, 0.2) is 6.10 Å². The molecule has 2 aliphatic rings. The Bertz CT molecular complexity index is 1040. The van der Waals surface area contributed by atoms with Crippen molar-refractivity contribution in [1.82, 2.24) is 10.2 Å². The summed E-state index contributed by atoms with van der Waals surface area (Å²) in [6.45, 7) is 8.98. The first-order valence-electron chi connectivity index (χ1n) is 12.3. The van der Waals surface area contributed by atoms with Gasteiger partial charge < -0.3 is 15.0 Å². The van der Waals surface area contributed by atoms with Crippen LogP contribution in [0.25, 0.3) is 0 Å². The minimum absolute atomic E-state index is 0.0460. The molecule has 0 spiro atoms. The Balaban J connectivity index is 1.65. The molecule has 1 N–H and O–H groups in total. The summed E-state index contributed by atoms with van der Waals surface area (Å²) in [5, 5.41) is 3.00. The van der Waals surface area contributed by atoms with Crippen LogP contribution in [0.1, 0.15) is 69.7 Å². The molecular weight excluding hydrogens is 431 g/mol. The van der Waals surface area contributed by atoms with Crippen molar-refractivity contribution in [3.63, 3.8) is 0 Å². The molecule has 1 heterocycles. The Morgan fingerprint density at radius 1 is 1.15 bits per heavy atom. The minimum Gasteiger partial charge on any atom is -0.481 e. The van der Waals surface area contributed by atoms with Crippen molar-refractivity contribution >= 4 is 11.8 Å². The molecule has 2 amide bonds. The Morgan fingerprint density at radius 2 is 1.85 bits per heavy atom. The second-order valence-corrected chi connectivity index (χ2v) is 10.5. The van der Waals surface area contributed by atoms with E-state index < -0.39 is 11.5 Å². The molecule has 6 heteroatoms. The molecule has 2 atom stereocenters. The van der Waals surface area contributed by atoms with Crippen LogP contribution in [0.3, 0.4) is 0 Å². The van der Waals surface area contributed by atoms with Crippen molar-refractivity contribution in [2.45, 2.75) is 65.5 Å². The summed E-state index contributed by atoms with van der Waals surface area (Å²) in [5.74, 6) is 0.849. The van der Waals surface area contributed by atoms with Crippen molar-refractivity contribution < 1.29 is 18.7 Å². The standard InChI is InChI=1S/C28H35FN2O3/c1-5-24(26(32)30-17-18-6-7-18)34-22-13-10-19-14-15-31(27(33)28(2,3)4)25(23(19)16-22)20-8-11-21(29)12-9-20/h8-13,16,18,24-25H,5-7,14-15,17H2,1-4H3,(H,30,32)/t24-,25-/m0/s1. The molecule has 0 aromatic heterocycles. The van der Waals surface area contributed by atoms with Crippen LogP contribution >= 0.6 is 0 Å². The summed E-state index contributed by atoms with van der Waals surface area (Å²) in [5.41, 5.74) is 2.40. The average Bonchev–Trinajstić information content (AvgIpc) is 3.64. The van der Waals surface area contributed by atoms with E-state index in [4.69, 9.17) is 4.74 Å². The highest BCUT2D eigenvalue weighted by molar-refractivity contribution is 5.83. The number of benzene rings is 2. The topological polar surface area (TPSA) is 58.6 Å². The van der Waals surface area contributed by atoms with Crippen molar-refractivity contribution in [2.75, 3.05) is 13.1 Å². The van der Waals surface area contributed by atoms with Crippen LogP contribution in [-0.4, -0.2) is 35.9 Å². The summed E-state index contributed by atoms with van der Waals surface area (Å²) in [4.78, 5) is 27.9. The van der Waals surface area contributed by atoms with Gasteiger partial charge in [0.1, 0.15) is 11.6 Å². The predicted octanol–water partition coefficient (Wildman–Crippen LogP) is 5.03. The zero-order valence-corrected chi connectivity index (χ0v) is 20.6. The van der Waals surface area contributed by atoms with Gasteiger partial charge in [-0.15, -0.1) is 0 Å². The molecular formula is C28H35FN2O3. The van der Waals surface area contributed by atoms with Crippen LogP contribution in [0, 0.1) is 17.2 Å². The molecule has 4 rings (SSSR count). The van der Waals surface area contributed by atoms with Crippen LogP contribution in [0.4, 0.5) is 4.39 Å². The highest BCUT2D eigenvalue weighted by Crippen LogP contribution is 2.39. The van der Waals surface area contributed by atoms with Gasteiger partial charge in [-0.3, -0.25) is 9.59 Å². The third-order valence-electron chi connectivity index (χ3n) is 6.64. The van der Waals surface area contributed by atoms with E-state index in [1.165, 1.54) is 25.0 Å².